The Balaban J connectivity index is 2.14. The number of aliphatic hydroxyl groups excluding tert-OH is 1. The van der Waals surface area contributed by atoms with Gasteiger partial charge in [-0.15, -0.1) is 0 Å². The predicted molar refractivity (Wildman–Crippen MR) is 116 cm³/mol. The first-order valence-electron chi connectivity index (χ1n) is 9.91. The number of aliphatic hydroxyl groups is 1. The van der Waals surface area contributed by atoms with Crippen molar-refractivity contribution in [3.05, 3.63) is 70.8 Å². The Morgan fingerprint density at radius 2 is 1.36 bits per heavy atom. The van der Waals surface area contributed by atoms with Crippen molar-refractivity contribution >= 4 is 5.57 Å². The molecule has 0 spiro atoms. The first-order chi connectivity index (χ1) is 13.2. The van der Waals surface area contributed by atoms with Crippen LogP contribution in [0.3, 0.4) is 0 Å². The minimum absolute atomic E-state index is 0.130. The van der Waals surface area contributed by atoms with Gasteiger partial charge < -0.3 is 10.2 Å². The van der Waals surface area contributed by atoms with Crippen molar-refractivity contribution in [2.24, 2.45) is 10.8 Å². The highest BCUT2D eigenvalue weighted by Gasteiger charge is 2.37. The summed E-state index contributed by atoms with van der Waals surface area (Å²) in [6, 6.07) is 15.8. The highest BCUT2D eigenvalue weighted by atomic mass is 16.3. The molecule has 2 heteroatoms. The second kappa shape index (κ2) is 7.86. The summed E-state index contributed by atoms with van der Waals surface area (Å²) >= 11 is 0. The van der Waals surface area contributed by atoms with E-state index < -0.39 is 0 Å². The zero-order valence-electron chi connectivity index (χ0n) is 17.3. The normalized spacial score (nSPS) is 17.5. The van der Waals surface area contributed by atoms with Gasteiger partial charge >= 0.3 is 0 Å². The van der Waals surface area contributed by atoms with E-state index in [1.54, 1.807) is 12.1 Å². The molecule has 1 saturated carbocycles. The molecule has 3 rings (SSSR count). The van der Waals surface area contributed by atoms with Crippen molar-refractivity contribution in [2.75, 3.05) is 6.61 Å². The highest BCUT2D eigenvalue weighted by Crippen LogP contribution is 2.50. The molecule has 1 fully saturated rings. The molecule has 2 N–H and O–H groups in total. The molecule has 0 radical (unpaired) electrons. The van der Waals surface area contributed by atoms with Crippen LogP contribution in [0.5, 0.6) is 5.75 Å². The summed E-state index contributed by atoms with van der Waals surface area (Å²) in [6.07, 6.45) is 3.35. The van der Waals surface area contributed by atoms with Gasteiger partial charge in [0.05, 0.1) is 0 Å². The van der Waals surface area contributed by atoms with E-state index in [2.05, 4.69) is 51.7 Å². The van der Waals surface area contributed by atoms with Crippen LogP contribution < -0.4 is 0 Å². The summed E-state index contributed by atoms with van der Waals surface area (Å²) in [4.78, 5) is 0. The first kappa shape index (κ1) is 20.2. The quantitative estimate of drug-likeness (QED) is 0.655. The van der Waals surface area contributed by atoms with Crippen LogP contribution in [0.15, 0.2) is 54.1 Å². The predicted octanol–water partition coefficient (Wildman–Crippen LogP) is 5.77. The molecule has 2 nitrogen and oxygen atoms in total. The van der Waals surface area contributed by atoms with Gasteiger partial charge in [0.2, 0.25) is 0 Å². The van der Waals surface area contributed by atoms with E-state index >= 15 is 0 Å². The molecular formula is C26H30O2. The van der Waals surface area contributed by atoms with E-state index in [1.807, 2.05) is 24.3 Å². The van der Waals surface area contributed by atoms with Crippen molar-refractivity contribution in [2.45, 2.75) is 47.0 Å². The summed E-state index contributed by atoms with van der Waals surface area (Å²) in [5, 5.41) is 18.7. The maximum Gasteiger partial charge on any atom is 0.115 e. The molecule has 0 heterocycles. The van der Waals surface area contributed by atoms with Crippen LogP contribution in [0.1, 0.15) is 63.6 Å². The van der Waals surface area contributed by atoms with Crippen molar-refractivity contribution in [3.8, 4) is 17.6 Å². The molecule has 0 aromatic heterocycles. The minimum atomic E-state index is -0.130. The van der Waals surface area contributed by atoms with Crippen LogP contribution in [0, 0.1) is 22.7 Å². The van der Waals surface area contributed by atoms with E-state index in [-0.39, 0.29) is 23.2 Å². The Kier molecular flexibility index (Phi) is 5.68. The fourth-order valence-corrected chi connectivity index (χ4v) is 4.88. The molecule has 0 unspecified atom stereocenters. The van der Waals surface area contributed by atoms with E-state index in [0.717, 1.165) is 24.0 Å². The van der Waals surface area contributed by atoms with Crippen LogP contribution in [0.4, 0.5) is 0 Å². The van der Waals surface area contributed by atoms with Crippen molar-refractivity contribution in [1.29, 1.82) is 0 Å². The van der Waals surface area contributed by atoms with Gasteiger partial charge in [0.25, 0.3) is 0 Å². The lowest BCUT2D eigenvalue weighted by Gasteiger charge is -2.43. The third-order valence-corrected chi connectivity index (χ3v) is 5.34. The number of aromatic hydroxyl groups is 1. The average Bonchev–Trinajstić information content (AvgIpc) is 2.60. The molecule has 146 valence electrons. The van der Waals surface area contributed by atoms with Crippen LogP contribution >= 0.6 is 0 Å². The highest BCUT2D eigenvalue weighted by molar-refractivity contribution is 5.82. The molecule has 28 heavy (non-hydrogen) atoms. The minimum Gasteiger partial charge on any atom is -0.508 e. The molecule has 2 aromatic carbocycles. The molecule has 2 aromatic rings. The number of allylic oxidation sites excluding steroid dienone is 1. The third-order valence-electron chi connectivity index (χ3n) is 5.34. The summed E-state index contributed by atoms with van der Waals surface area (Å²) in [6.45, 7) is 9.30. The molecular weight excluding hydrogens is 344 g/mol. The third kappa shape index (κ3) is 4.86. The average molecular weight is 375 g/mol. The van der Waals surface area contributed by atoms with Crippen LogP contribution in [-0.2, 0) is 0 Å². The summed E-state index contributed by atoms with van der Waals surface area (Å²) in [7, 11) is 0. The van der Waals surface area contributed by atoms with Crippen molar-refractivity contribution in [3.63, 3.8) is 0 Å². The zero-order valence-corrected chi connectivity index (χ0v) is 17.3. The van der Waals surface area contributed by atoms with Gasteiger partial charge in [0.1, 0.15) is 12.4 Å². The van der Waals surface area contributed by atoms with E-state index in [9.17, 15) is 5.11 Å². The molecule has 0 atom stereocenters. The van der Waals surface area contributed by atoms with Gasteiger partial charge in [-0.1, -0.05) is 69.4 Å². The standard InChI is InChI=1S/C26H30O2/c1-25(2)16-22(17-26(3,4)18-25)24(21-11-13-23(28)14-12-21)20-9-7-19(8-10-20)6-5-15-27/h7-14,27-28H,15-18H2,1-4H3. The smallest absolute Gasteiger partial charge is 0.115 e. The first-order valence-corrected chi connectivity index (χ1v) is 9.91. The van der Waals surface area contributed by atoms with Crippen LogP contribution in [-0.4, -0.2) is 16.8 Å². The number of hydrogen-bond donors (Lipinski definition) is 2. The van der Waals surface area contributed by atoms with Gasteiger partial charge in [-0.2, -0.15) is 0 Å². The van der Waals surface area contributed by atoms with E-state index in [4.69, 9.17) is 5.11 Å². The molecule has 1 aliphatic carbocycles. The monoisotopic (exact) mass is 374 g/mol. The van der Waals surface area contributed by atoms with Crippen LogP contribution in [0.25, 0.3) is 5.57 Å². The van der Waals surface area contributed by atoms with Gasteiger partial charge in [0.15, 0.2) is 0 Å². The second-order valence-corrected chi connectivity index (χ2v) is 9.42. The second-order valence-electron chi connectivity index (χ2n) is 9.42. The maximum atomic E-state index is 9.75. The lowest BCUT2D eigenvalue weighted by molar-refractivity contribution is 0.154. The van der Waals surface area contributed by atoms with Crippen molar-refractivity contribution in [1.82, 2.24) is 0 Å². The number of benzene rings is 2. The molecule has 1 aliphatic rings. The maximum absolute atomic E-state index is 9.75. The van der Waals surface area contributed by atoms with Gasteiger partial charge in [-0.3, -0.25) is 0 Å². The Morgan fingerprint density at radius 1 is 0.857 bits per heavy atom. The van der Waals surface area contributed by atoms with Crippen molar-refractivity contribution < 1.29 is 10.2 Å². The number of phenolic OH excluding ortho intramolecular Hbond substituents is 1. The summed E-state index contributed by atoms with van der Waals surface area (Å²) in [5.41, 5.74) is 6.46. The van der Waals surface area contributed by atoms with Crippen LogP contribution in [0.2, 0.25) is 0 Å². The SMILES string of the molecule is CC1(C)CC(=C(c2ccc(O)cc2)c2ccc(C#CCO)cc2)CC(C)(C)C1. The number of phenols is 1. The fourth-order valence-electron chi connectivity index (χ4n) is 4.88. The molecule has 0 aliphatic heterocycles. The summed E-state index contributed by atoms with van der Waals surface area (Å²) < 4.78 is 0. The summed E-state index contributed by atoms with van der Waals surface area (Å²) in [5.74, 6) is 5.95. The molecule has 0 saturated heterocycles. The Labute approximate surface area is 168 Å². The lowest BCUT2D eigenvalue weighted by Crippen LogP contribution is -2.30. The molecule has 0 amide bonds. The largest absolute Gasteiger partial charge is 0.508 e. The van der Waals surface area contributed by atoms with E-state index in [0.29, 0.717) is 0 Å². The van der Waals surface area contributed by atoms with Gasteiger partial charge in [-0.05, 0) is 71.1 Å². The van der Waals surface area contributed by atoms with E-state index in [1.165, 1.54) is 23.1 Å². The number of rotatable bonds is 2. The van der Waals surface area contributed by atoms with Gasteiger partial charge in [-0.25, -0.2) is 0 Å². The Morgan fingerprint density at radius 3 is 1.86 bits per heavy atom. The topological polar surface area (TPSA) is 40.5 Å². The zero-order chi connectivity index (χ0) is 20.4. The van der Waals surface area contributed by atoms with Gasteiger partial charge in [0, 0.05) is 5.56 Å². The number of hydrogen-bond acceptors (Lipinski definition) is 2. The Hall–Kier alpha value is -2.50. The molecule has 0 bridgehead atoms. The fraction of sp³-hybridized carbons (Fsp3) is 0.385. The Bertz CT molecular complexity index is 899. The lowest BCUT2D eigenvalue weighted by atomic mass is 9.62.